The SMILES string of the molecule is CN(c1ccccc1C(N)=O)C1CCCCC1CN. The van der Waals surface area contributed by atoms with Crippen LogP contribution in [0.5, 0.6) is 0 Å². The van der Waals surface area contributed by atoms with Crippen molar-refractivity contribution >= 4 is 11.6 Å². The Morgan fingerprint density at radius 2 is 2.00 bits per heavy atom. The molecule has 1 aliphatic carbocycles. The number of nitrogens with two attached hydrogens (primary N) is 2. The fourth-order valence-corrected chi connectivity index (χ4v) is 3.14. The maximum atomic E-state index is 11.5. The lowest BCUT2D eigenvalue weighted by atomic mass is 9.83. The van der Waals surface area contributed by atoms with Crippen molar-refractivity contribution in [1.82, 2.24) is 0 Å². The van der Waals surface area contributed by atoms with Gasteiger partial charge in [-0.3, -0.25) is 4.79 Å². The molecule has 0 bridgehead atoms. The van der Waals surface area contributed by atoms with E-state index in [9.17, 15) is 4.79 Å². The molecule has 4 nitrogen and oxygen atoms in total. The minimum absolute atomic E-state index is 0.373. The standard InChI is InChI=1S/C15H23N3O/c1-18(13-8-4-2-6-11(13)10-16)14-9-5-3-7-12(14)15(17)19/h3,5,7,9,11,13H,2,4,6,8,10,16H2,1H3,(H2,17,19). The lowest BCUT2D eigenvalue weighted by Crippen LogP contribution is -2.43. The van der Waals surface area contributed by atoms with Crippen molar-refractivity contribution in [2.75, 3.05) is 18.5 Å². The second-order valence-electron chi connectivity index (χ2n) is 5.34. The molecule has 104 valence electrons. The van der Waals surface area contributed by atoms with Crippen molar-refractivity contribution in [3.05, 3.63) is 29.8 Å². The average Bonchev–Trinajstić information content (AvgIpc) is 2.46. The number of primary amides is 1. The van der Waals surface area contributed by atoms with Crippen LogP contribution in [-0.4, -0.2) is 25.5 Å². The van der Waals surface area contributed by atoms with Crippen LogP contribution in [0.3, 0.4) is 0 Å². The van der Waals surface area contributed by atoms with Crippen molar-refractivity contribution in [2.45, 2.75) is 31.7 Å². The topological polar surface area (TPSA) is 72.3 Å². The number of para-hydroxylation sites is 1. The summed E-state index contributed by atoms with van der Waals surface area (Å²) in [5, 5.41) is 0. The lowest BCUT2D eigenvalue weighted by molar-refractivity contribution is 0.100. The summed E-state index contributed by atoms with van der Waals surface area (Å²) in [4.78, 5) is 13.7. The van der Waals surface area contributed by atoms with Gasteiger partial charge in [-0.25, -0.2) is 0 Å². The third-order valence-corrected chi connectivity index (χ3v) is 4.22. The molecule has 0 saturated heterocycles. The van der Waals surface area contributed by atoms with Crippen LogP contribution in [0.2, 0.25) is 0 Å². The molecule has 0 heterocycles. The quantitative estimate of drug-likeness (QED) is 0.867. The maximum Gasteiger partial charge on any atom is 0.250 e. The van der Waals surface area contributed by atoms with Gasteiger partial charge in [-0.05, 0) is 37.4 Å². The summed E-state index contributed by atoms with van der Waals surface area (Å²) in [6.07, 6.45) is 4.78. The molecule has 0 spiro atoms. The summed E-state index contributed by atoms with van der Waals surface area (Å²) in [5.41, 5.74) is 12.9. The number of carbonyl (C=O) groups is 1. The van der Waals surface area contributed by atoms with Gasteiger partial charge in [-0.2, -0.15) is 0 Å². The third-order valence-electron chi connectivity index (χ3n) is 4.22. The molecule has 0 aromatic heterocycles. The highest BCUT2D eigenvalue weighted by Gasteiger charge is 2.28. The van der Waals surface area contributed by atoms with Crippen LogP contribution >= 0.6 is 0 Å². The summed E-state index contributed by atoms with van der Waals surface area (Å²) >= 11 is 0. The molecule has 19 heavy (non-hydrogen) atoms. The van der Waals surface area contributed by atoms with Crippen LogP contribution in [0.25, 0.3) is 0 Å². The van der Waals surface area contributed by atoms with Gasteiger partial charge in [0.15, 0.2) is 0 Å². The Morgan fingerprint density at radius 3 is 2.68 bits per heavy atom. The Bertz CT molecular complexity index is 447. The maximum absolute atomic E-state index is 11.5. The van der Waals surface area contributed by atoms with E-state index in [4.69, 9.17) is 11.5 Å². The fourth-order valence-electron chi connectivity index (χ4n) is 3.14. The molecular formula is C15H23N3O. The zero-order valence-electron chi connectivity index (χ0n) is 11.5. The van der Waals surface area contributed by atoms with Gasteiger partial charge in [-0.1, -0.05) is 25.0 Å². The predicted octanol–water partition coefficient (Wildman–Crippen LogP) is 1.74. The Morgan fingerprint density at radius 1 is 1.32 bits per heavy atom. The van der Waals surface area contributed by atoms with E-state index in [1.54, 1.807) is 6.07 Å². The van der Waals surface area contributed by atoms with Gasteiger partial charge in [0.05, 0.1) is 5.56 Å². The van der Waals surface area contributed by atoms with Crippen LogP contribution in [0.4, 0.5) is 5.69 Å². The summed E-state index contributed by atoms with van der Waals surface area (Å²) in [5.74, 6) is 0.127. The van der Waals surface area contributed by atoms with E-state index in [1.165, 1.54) is 19.3 Å². The molecule has 1 aromatic carbocycles. The highest BCUT2D eigenvalue weighted by molar-refractivity contribution is 5.98. The Kier molecular flexibility index (Phi) is 4.43. The summed E-state index contributed by atoms with van der Waals surface area (Å²) in [7, 11) is 2.04. The number of amides is 1. The highest BCUT2D eigenvalue weighted by atomic mass is 16.1. The van der Waals surface area contributed by atoms with Crippen LogP contribution in [-0.2, 0) is 0 Å². The molecule has 0 radical (unpaired) electrons. The molecule has 1 aliphatic rings. The second-order valence-corrected chi connectivity index (χ2v) is 5.34. The monoisotopic (exact) mass is 261 g/mol. The molecule has 2 atom stereocenters. The molecule has 4 N–H and O–H groups in total. The Labute approximate surface area is 114 Å². The molecule has 1 saturated carbocycles. The van der Waals surface area contributed by atoms with Crippen molar-refractivity contribution in [3.8, 4) is 0 Å². The normalized spacial score (nSPS) is 23.1. The number of nitrogens with zero attached hydrogens (tertiary/aromatic N) is 1. The number of rotatable bonds is 4. The zero-order chi connectivity index (χ0) is 13.8. The van der Waals surface area contributed by atoms with E-state index in [2.05, 4.69) is 4.90 Å². The van der Waals surface area contributed by atoms with E-state index < -0.39 is 0 Å². The molecule has 2 rings (SSSR count). The Balaban J connectivity index is 2.27. The van der Waals surface area contributed by atoms with E-state index in [0.29, 0.717) is 24.1 Å². The summed E-state index contributed by atoms with van der Waals surface area (Å²) < 4.78 is 0. The Hall–Kier alpha value is -1.55. The van der Waals surface area contributed by atoms with E-state index >= 15 is 0 Å². The molecule has 1 fully saturated rings. The minimum atomic E-state index is -0.373. The van der Waals surface area contributed by atoms with Crippen molar-refractivity contribution in [2.24, 2.45) is 17.4 Å². The number of benzene rings is 1. The fraction of sp³-hybridized carbons (Fsp3) is 0.533. The van der Waals surface area contributed by atoms with Crippen molar-refractivity contribution in [1.29, 1.82) is 0 Å². The second kappa shape index (κ2) is 6.06. The number of hydrogen-bond acceptors (Lipinski definition) is 3. The van der Waals surface area contributed by atoms with Gasteiger partial charge in [0, 0.05) is 18.8 Å². The van der Waals surface area contributed by atoms with Crippen LogP contribution in [0, 0.1) is 5.92 Å². The molecule has 1 aromatic rings. The highest BCUT2D eigenvalue weighted by Crippen LogP contribution is 2.31. The number of anilines is 1. The van der Waals surface area contributed by atoms with Gasteiger partial charge < -0.3 is 16.4 Å². The first-order valence-corrected chi connectivity index (χ1v) is 6.97. The third kappa shape index (κ3) is 2.89. The van der Waals surface area contributed by atoms with Crippen molar-refractivity contribution < 1.29 is 4.79 Å². The van der Waals surface area contributed by atoms with Crippen LogP contribution < -0.4 is 16.4 Å². The van der Waals surface area contributed by atoms with Gasteiger partial charge >= 0.3 is 0 Å². The molecule has 0 aliphatic heterocycles. The average molecular weight is 261 g/mol. The van der Waals surface area contributed by atoms with Gasteiger partial charge in [0.1, 0.15) is 0 Å². The largest absolute Gasteiger partial charge is 0.371 e. The first-order chi connectivity index (χ1) is 9.15. The number of hydrogen-bond donors (Lipinski definition) is 2. The predicted molar refractivity (Wildman–Crippen MR) is 78.2 cm³/mol. The molecular weight excluding hydrogens is 238 g/mol. The minimum Gasteiger partial charge on any atom is -0.371 e. The van der Waals surface area contributed by atoms with Gasteiger partial charge in [0.25, 0.3) is 5.91 Å². The lowest BCUT2D eigenvalue weighted by Gasteiger charge is -2.39. The first kappa shape index (κ1) is 13.9. The van der Waals surface area contributed by atoms with Crippen LogP contribution in [0.1, 0.15) is 36.0 Å². The van der Waals surface area contributed by atoms with Crippen molar-refractivity contribution in [3.63, 3.8) is 0 Å². The zero-order valence-corrected chi connectivity index (χ0v) is 11.5. The smallest absolute Gasteiger partial charge is 0.250 e. The molecule has 2 unspecified atom stereocenters. The van der Waals surface area contributed by atoms with E-state index in [0.717, 1.165) is 12.1 Å². The van der Waals surface area contributed by atoms with E-state index in [1.807, 2.05) is 25.2 Å². The van der Waals surface area contributed by atoms with Gasteiger partial charge in [0.2, 0.25) is 0 Å². The number of carbonyl (C=O) groups excluding carboxylic acids is 1. The van der Waals surface area contributed by atoms with Gasteiger partial charge in [-0.15, -0.1) is 0 Å². The summed E-state index contributed by atoms with van der Waals surface area (Å²) in [6, 6.07) is 7.94. The van der Waals surface area contributed by atoms with Crippen LogP contribution in [0.15, 0.2) is 24.3 Å². The van der Waals surface area contributed by atoms with E-state index in [-0.39, 0.29) is 5.91 Å². The molecule has 4 heteroatoms. The molecule has 1 amide bonds. The summed E-state index contributed by atoms with van der Waals surface area (Å²) in [6.45, 7) is 0.702. The first-order valence-electron chi connectivity index (χ1n) is 6.97.